The molecular formula is C17H20. The molecule has 0 fully saturated rings. The fourth-order valence-electron chi connectivity index (χ4n) is 2.20. The second kappa shape index (κ2) is 5.18. The smallest absolute Gasteiger partial charge is 0.0181 e. The van der Waals surface area contributed by atoms with E-state index in [9.17, 15) is 0 Å². The molecule has 0 amide bonds. The summed E-state index contributed by atoms with van der Waals surface area (Å²) in [4.78, 5) is 0. The van der Waals surface area contributed by atoms with Gasteiger partial charge in [0.1, 0.15) is 0 Å². The normalized spacial score (nSPS) is 11.9. The van der Waals surface area contributed by atoms with Gasteiger partial charge in [-0.1, -0.05) is 61.9 Å². The monoisotopic (exact) mass is 224 g/mol. The van der Waals surface area contributed by atoms with Crippen LogP contribution in [0.5, 0.6) is 0 Å². The molecule has 0 nitrogen and oxygen atoms in total. The summed E-state index contributed by atoms with van der Waals surface area (Å²) in [5, 5.41) is 0. The average Bonchev–Trinajstić information content (AvgIpc) is 2.33. The van der Waals surface area contributed by atoms with Crippen LogP contribution in [0.25, 0.3) is 11.1 Å². The van der Waals surface area contributed by atoms with E-state index >= 15 is 0 Å². The van der Waals surface area contributed by atoms with Crippen LogP contribution in [-0.4, -0.2) is 0 Å². The molecule has 2 aromatic carbocycles. The zero-order valence-corrected chi connectivity index (χ0v) is 11.0. The van der Waals surface area contributed by atoms with Crippen LogP contribution >= 0.6 is 0 Å². The minimum Gasteiger partial charge on any atom is -0.0683 e. The molecule has 0 aliphatic heterocycles. The molecule has 0 bridgehead atoms. The van der Waals surface area contributed by atoms with Gasteiger partial charge < -0.3 is 0 Å². The topological polar surface area (TPSA) is 0 Å². The van der Waals surface area contributed by atoms with Crippen molar-refractivity contribution in [2.75, 3.05) is 0 Å². The van der Waals surface area contributed by atoms with E-state index in [-0.39, 0.29) is 0 Å². The minimum atomic E-state index is 1.26. The van der Waals surface area contributed by atoms with Crippen molar-refractivity contribution >= 4 is 0 Å². The van der Waals surface area contributed by atoms with Crippen molar-refractivity contribution < 1.29 is 0 Å². The van der Waals surface area contributed by atoms with Gasteiger partial charge in [0.2, 0.25) is 0 Å². The van der Waals surface area contributed by atoms with Crippen molar-refractivity contribution in [3.05, 3.63) is 59.2 Å². The highest BCUT2D eigenvalue weighted by molar-refractivity contribution is 5.66. The Bertz CT molecular complexity index is 509. The minimum absolute atomic E-state index is 1.26. The molecule has 0 heterocycles. The summed E-state index contributed by atoms with van der Waals surface area (Å²) in [6.07, 6.45) is 2.53. The fraction of sp³-hybridized carbons (Fsp3) is 0.294. The van der Waals surface area contributed by atoms with Gasteiger partial charge in [-0.15, -0.1) is 0 Å². The Morgan fingerprint density at radius 2 is 1.47 bits per heavy atom. The number of aryl methyl sites for hydroxylation is 3. The molecule has 88 valence electrons. The molecule has 0 unspecified atom stereocenters. The third-order valence-electron chi connectivity index (χ3n) is 3.22. The van der Waals surface area contributed by atoms with Crippen LogP contribution in [0.1, 0.15) is 30.5 Å². The summed E-state index contributed by atoms with van der Waals surface area (Å²) in [5.74, 6) is 0. The number of rotatable bonds is 1. The predicted octanol–water partition coefficient (Wildman–Crippen LogP) is 4.79. The van der Waals surface area contributed by atoms with Gasteiger partial charge in [-0.25, -0.2) is 0 Å². The van der Waals surface area contributed by atoms with Crippen LogP contribution in [0.4, 0.5) is 0 Å². The predicted molar refractivity (Wildman–Crippen MR) is 75.4 cm³/mol. The van der Waals surface area contributed by atoms with E-state index in [1.54, 1.807) is 0 Å². The zero-order chi connectivity index (χ0) is 12.3. The van der Waals surface area contributed by atoms with E-state index in [1.165, 1.54) is 40.7 Å². The molecule has 0 aromatic heterocycles. The number of fused-ring (bicyclic) bond motifs is 1. The van der Waals surface area contributed by atoms with Gasteiger partial charge in [-0.3, -0.25) is 0 Å². The third-order valence-corrected chi connectivity index (χ3v) is 3.22. The number of benzene rings is 2. The van der Waals surface area contributed by atoms with Crippen LogP contribution in [0.2, 0.25) is 0 Å². The molecule has 0 radical (unpaired) electrons. The zero-order valence-electron chi connectivity index (χ0n) is 11.0. The SMILES string of the molecule is CC.Cc1cccc(-c2ccc3c(c2)CC3)c1. The summed E-state index contributed by atoms with van der Waals surface area (Å²) in [7, 11) is 0. The van der Waals surface area contributed by atoms with Crippen LogP contribution in [0, 0.1) is 6.92 Å². The van der Waals surface area contributed by atoms with Crippen molar-refractivity contribution in [1.29, 1.82) is 0 Å². The first-order valence-electron chi connectivity index (χ1n) is 6.52. The van der Waals surface area contributed by atoms with Gasteiger partial charge >= 0.3 is 0 Å². The quantitative estimate of drug-likeness (QED) is 0.653. The first-order chi connectivity index (χ1) is 8.33. The van der Waals surface area contributed by atoms with Crippen molar-refractivity contribution in [3.8, 4) is 11.1 Å². The van der Waals surface area contributed by atoms with Gasteiger partial charge in [0, 0.05) is 0 Å². The second-order valence-corrected chi connectivity index (χ2v) is 4.35. The molecule has 1 aliphatic rings. The van der Waals surface area contributed by atoms with E-state index < -0.39 is 0 Å². The van der Waals surface area contributed by atoms with E-state index in [0.29, 0.717) is 0 Å². The fourth-order valence-corrected chi connectivity index (χ4v) is 2.20. The summed E-state index contributed by atoms with van der Waals surface area (Å²) >= 11 is 0. The largest absolute Gasteiger partial charge is 0.0683 e. The molecule has 3 rings (SSSR count). The standard InChI is InChI=1S/C15H14.C2H6/c1-11-3-2-4-13(9-11)15-8-6-12-5-7-14(12)10-15;1-2/h2-4,6,8-10H,5,7H2,1H3;1-2H3. The molecule has 0 saturated heterocycles. The van der Waals surface area contributed by atoms with Crippen LogP contribution in [-0.2, 0) is 12.8 Å². The van der Waals surface area contributed by atoms with Gasteiger partial charge in [0.05, 0.1) is 0 Å². The maximum atomic E-state index is 2.34. The highest BCUT2D eigenvalue weighted by atomic mass is 14.2. The van der Waals surface area contributed by atoms with E-state index in [4.69, 9.17) is 0 Å². The lowest BCUT2D eigenvalue weighted by atomic mass is 9.86. The summed E-state index contributed by atoms with van der Waals surface area (Å²) in [5.41, 5.74) is 7.09. The molecule has 2 aromatic rings. The lowest BCUT2D eigenvalue weighted by Crippen LogP contribution is -2.07. The van der Waals surface area contributed by atoms with Gasteiger partial charge in [0.15, 0.2) is 0 Å². The van der Waals surface area contributed by atoms with Crippen LogP contribution in [0.3, 0.4) is 0 Å². The molecule has 0 saturated carbocycles. The van der Waals surface area contributed by atoms with Crippen molar-refractivity contribution in [3.63, 3.8) is 0 Å². The number of hydrogen-bond acceptors (Lipinski definition) is 0. The van der Waals surface area contributed by atoms with Gasteiger partial charge in [-0.2, -0.15) is 0 Å². The molecule has 0 heteroatoms. The first kappa shape index (κ1) is 11.9. The van der Waals surface area contributed by atoms with Crippen LogP contribution < -0.4 is 0 Å². The lowest BCUT2D eigenvalue weighted by molar-refractivity contribution is 0.840. The highest BCUT2D eigenvalue weighted by Crippen LogP contribution is 2.29. The Labute approximate surface area is 104 Å². The van der Waals surface area contributed by atoms with Crippen molar-refractivity contribution in [2.24, 2.45) is 0 Å². The first-order valence-corrected chi connectivity index (χ1v) is 6.52. The third kappa shape index (κ3) is 2.41. The Kier molecular flexibility index (Phi) is 3.63. The Morgan fingerprint density at radius 3 is 2.06 bits per heavy atom. The maximum absolute atomic E-state index is 2.34. The molecule has 0 spiro atoms. The van der Waals surface area contributed by atoms with Gasteiger partial charge in [0.25, 0.3) is 0 Å². The van der Waals surface area contributed by atoms with Crippen molar-refractivity contribution in [2.45, 2.75) is 33.6 Å². The molecular weight excluding hydrogens is 204 g/mol. The van der Waals surface area contributed by atoms with Crippen LogP contribution in [0.15, 0.2) is 42.5 Å². The maximum Gasteiger partial charge on any atom is -0.0181 e. The summed E-state index contributed by atoms with van der Waals surface area (Å²) in [6.45, 7) is 6.14. The summed E-state index contributed by atoms with van der Waals surface area (Å²) in [6, 6.07) is 15.6. The Morgan fingerprint density at radius 1 is 0.765 bits per heavy atom. The van der Waals surface area contributed by atoms with Crippen molar-refractivity contribution in [1.82, 2.24) is 0 Å². The second-order valence-electron chi connectivity index (χ2n) is 4.35. The Balaban J connectivity index is 0.000000514. The lowest BCUT2D eigenvalue weighted by Gasteiger charge is -2.19. The molecule has 1 aliphatic carbocycles. The molecule has 0 atom stereocenters. The Hall–Kier alpha value is -1.56. The average molecular weight is 224 g/mol. The van der Waals surface area contributed by atoms with Gasteiger partial charge in [-0.05, 0) is 42.0 Å². The highest BCUT2D eigenvalue weighted by Gasteiger charge is 2.12. The van der Waals surface area contributed by atoms with E-state index in [0.717, 1.165) is 0 Å². The molecule has 0 N–H and O–H groups in total. The molecule has 17 heavy (non-hydrogen) atoms. The van der Waals surface area contributed by atoms with E-state index in [1.807, 2.05) is 13.8 Å². The summed E-state index contributed by atoms with van der Waals surface area (Å²) < 4.78 is 0. The number of hydrogen-bond donors (Lipinski definition) is 0. The van der Waals surface area contributed by atoms with E-state index in [2.05, 4.69) is 49.4 Å².